The molecule has 7 nitrogen and oxygen atoms in total. The number of benzene rings is 1. The van der Waals surface area contributed by atoms with Crippen LogP contribution in [0.2, 0.25) is 0 Å². The summed E-state index contributed by atoms with van der Waals surface area (Å²) in [6.45, 7) is 5.08. The van der Waals surface area contributed by atoms with Gasteiger partial charge in [-0.3, -0.25) is 9.36 Å². The van der Waals surface area contributed by atoms with Gasteiger partial charge in [-0.15, -0.1) is 4.67 Å². The Morgan fingerprint density at radius 2 is 1.75 bits per heavy atom. The maximum absolute atomic E-state index is 12.5. The highest BCUT2D eigenvalue weighted by Gasteiger charge is 2.54. The van der Waals surface area contributed by atoms with Crippen molar-refractivity contribution in [2.45, 2.75) is 38.8 Å². The number of ether oxygens (including phenoxy) is 2. The van der Waals surface area contributed by atoms with E-state index in [1.807, 2.05) is 18.2 Å². The van der Waals surface area contributed by atoms with Crippen molar-refractivity contribution in [3.63, 3.8) is 0 Å². The lowest BCUT2D eigenvalue weighted by Crippen LogP contribution is -2.39. The number of hydrogen-bond donors (Lipinski definition) is 1. The van der Waals surface area contributed by atoms with Gasteiger partial charge in [0.05, 0.1) is 6.61 Å². The van der Waals surface area contributed by atoms with Crippen LogP contribution in [0.1, 0.15) is 33.6 Å². The van der Waals surface area contributed by atoms with Crippen molar-refractivity contribution in [1.82, 2.24) is 0 Å². The van der Waals surface area contributed by atoms with E-state index in [1.165, 1.54) is 0 Å². The zero-order valence-electron chi connectivity index (χ0n) is 14.3. The summed E-state index contributed by atoms with van der Waals surface area (Å²) in [6, 6.07) is 9.06. The lowest BCUT2D eigenvalue weighted by molar-refractivity contribution is -0.220. The molecule has 0 bridgehead atoms. The molecule has 1 rings (SSSR count). The van der Waals surface area contributed by atoms with Crippen molar-refractivity contribution in [2.24, 2.45) is 0 Å². The van der Waals surface area contributed by atoms with Gasteiger partial charge in [-0.2, -0.15) is 0 Å². The van der Waals surface area contributed by atoms with Gasteiger partial charge in [0.1, 0.15) is 19.0 Å². The van der Waals surface area contributed by atoms with Crippen LogP contribution in [0.5, 0.6) is 5.75 Å². The number of rotatable bonds is 11. The first-order chi connectivity index (χ1) is 11.4. The summed E-state index contributed by atoms with van der Waals surface area (Å²) in [4.78, 5) is 27.2. The molecule has 1 N–H and O–H groups in total. The third-order valence-corrected chi connectivity index (χ3v) is 5.90. The lowest BCUT2D eigenvalue weighted by atomic mass is 10.0. The van der Waals surface area contributed by atoms with E-state index in [1.54, 1.807) is 32.9 Å². The number of hydrogen-bond acceptors (Lipinski definition) is 6. The van der Waals surface area contributed by atoms with Crippen LogP contribution in [-0.4, -0.2) is 35.8 Å². The molecule has 0 aliphatic carbocycles. The lowest BCUT2D eigenvalue weighted by Gasteiger charge is -2.31. The number of carbonyl (C=O) groups excluding carboxylic acids is 1. The normalized spacial score (nSPS) is 14.0. The molecular weight excluding hydrogens is 335 g/mol. The number of para-hydroxylation sites is 1. The summed E-state index contributed by atoms with van der Waals surface area (Å²) in [6.07, 6.45) is 0.194. The molecule has 1 unspecified atom stereocenters. The number of esters is 1. The Balaban J connectivity index is 2.56. The zero-order chi connectivity index (χ0) is 18.1. The molecule has 0 aromatic heterocycles. The van der Waals surface area contributed by atoms with Crippen molar-refractivity contribution in [1.29, 1.82) is 0 Å². The summed E-state index contributed by atoms with van der Waals surface area (Å²) in [5, 5.41) is -1.64. The minimum Gasteiger partial charge on any atom is -0.491 e. The quantitative estimate of drug-likeness (QED) is 0.213. The van der Waals surface area contributed by atoms with E-state index in [0.717, 1.165) is 0 Å². The van der Waals surface area contributed by atoms with Crippen molar-refractivity contribution < 1.29 is 33.3 Å². The van der Waals surface area contributed by atoms with Gasteiger partial charge >= 0.3 is 13.6 Å². The molecule has 24 heavy (non-hydrogen) atoms. The topological polar surface area (TPSA) is 91.3 Å². The van der Waals surface area contributed by atoms with Crippen LogP contribution >= 0.6 is 7.60 Å². The Bertz CT molecular complexity index is 543. The van der Waals surface area contributed by atoms with Gasteiger partial charge in [0.25, 0.3) is 0 Å². The molecule has 0 saturated heterocycles. The molecule has 0 fully saturated rings. The fourth-order valence-corrected chi connectivity index (χ4v) is 3.66. The maximum atomic E-state index is 12.5. The Hall–Kier alpha value is -1.40. The highest BCUT2D eigenvalue weighted by molar-refractivity contribution is 7.55. The number of carbonyl (C=O) groups is 1. The second-order valence-corrected chi connectivity index (χ2v) is 7.08. The predicted molar refractivity (Wildman–Crippen MR) is 88.7 cm³/mol. The molecule has 0 saturated carbocycles. The van der Waals surface area contributed by atoms with Crippen LogP contribution in [0.25, 0.3) is 0 Å². The standard InChI is InChI=1S/C16H25O7P/c1-4-16(5-2,15(17)20-6-3)24(18,19)23-22-13-12-21-14-10-8-7-9-11-14/h7-11H,4-6,12-13H2,1-3H3,(H,18,19). The summed E-state index contributed by atoms with van der Waals surface area (Å²) in [5.41, 5.74) is 0. The molecule has 0 aliphatic rings. The molecule has 8 heteroatoms. The van der Waals surface area contributed by atoms with Crippen LogP contribution in [0.15, 0.2) is 30.3 Å². The van der Waals surface area contributed by atoms with Gasteiger partial charge in [-0.25, -0.2) is 4.89 Å². The molecule has 1 aromatic carbocycles. The minimum absolute atomic E-state index is 0.0637. The molecule has 136 valence electrons. The van der Waals surface area contributed by atoms with Gasteiger partial charge < -0.3 is 14.4 Å². The van der Waals surface area contributed by atoms with Crippen LogP contribution in [-0.2, 0) is 23.7 Å². The van der Waals surface area contributed by atoms with Crippen LogP contribution in [0.4, 0.5) is 0 Å². The monoisotopic (exact) mass is 360 g/mol. The van der Waals surface area contributed by atoms with E-state index >= 15 is 0 Å². The zero-order valence-corrected chi connectivity index (χ0v) is 15.2. The largest absolute Gasteiger partial charge is 0.491 e. The highest BCUT2D eigenvalue weighted by Crippen LogP contribution is 2.59. The maximum Gasteiger partial charge on any atom is 0.372 e. The molecule has 0 heterocycles. The van der Waals surface area contributed by atoms with Gasteiger partial charge in [0.15, 0.2) is 5.16 Å². The average Bonchev–Trinajstić information content (AvgIpc) is 2.57. The second-order valence-electron chi connectivity index (χ2n) is 5.04. The van der Waals surface area contributed by atoms with Crippen molar-refractivity contribution in [3.8, 4) is 5.75 Å². The fourth-order valence-electron chi connectivity index (χ4n) is 2.21. The molecule has 1 aromatic rings. The summed E-state index contributed by atoms with van der Waals surface area (Å²) in [5.74, 6) is -0.110. The Labute approximate surface area is 142 Å². The average molecular weight is 360 g/mol. The van der Waals surface area contributed by atoms with E-state index in [2.05, 4.69) is 0 Å². The van der Waals surface area contributed by atoms with Crippen molar-refractivity contribution in [3.05, 3.63) is 30.3 Å². The smallest absolute Gasteiger partial charge is 0.372 e. The first-order valence-electron chi connectivity index (χ1n) is 7.92. The molecule has 0 amide bonds. The molecule has 1 atom stereocenters. The van der Waals surface area contributed by atoms with E-state index in [0.29, 0.717) is 5.75 Å². The van der Waals surface area contributed by atoms with E-state index < -0.39 is 18.7 Å². The molecule has 0 radical (unpaired) electrons. The first kappa shape index (κ1) is 20.6. The Morgan fingerprint density at radius 1 is 1.12 bits per heavy atom. The van der Waals surface area contributed by atoms with E-state index in [4.69, 9.17) is 19.0 Å². The van der Waals surface area contributed by atoms with Crippen LogP contribution in [0.3, 0.4) is 0 Å². The Morgan fingerprint density at radius 3 is 2.29 bits per heavy atom. The third kappa shape index (κ3) is 5.05. The SMILES string of the molecule is CCOC(=O)C(CC)(CC)P(=O)(O)OOCCOc1ccccc1. The Kier molecular flexibility index (Phi) is 8.42. The van der Waals surface area contributed by atoms with Crippen molar-refractivity contribution >= 4 is 13.6 Å². The van der Waals surface area contributed by atoms with Crippen LogP contribution in [0, 0.1) is 0 Å². The molecule has 0 spiro atoms. The minimum atomic E-state index is -4.38. The van der Waals surface area contributed by atoms with Gasteiger partial charge in [-0.05, 0) is 31.9 Å². The fraction of sp³-hybridized carbons (Fsp3) is 0.562. The van der Waals surface area contributed by atoms with E-state index in [-0.39, 0.29) is 32.7 Å². The van der Waals surface area contributed by atoms with Gasteiger partial charge in [0, 0.05) is 0 Å². The third-order valence-electron chi connectivity index (χ3n) is 3.70. The van der Waals surface area contributed by atoms with Gasteiger partial charge in [-0.1, -0.05) is 32.0 Å². The first-order valence-corrected chi connectivity index (χ1v) is 9.50. The highest BCUT2D eigenvalue weighted by atomic mass is 31.2. The second kappa shape index (κ2) is 9.79. The summed E-state index contributed by atoms with van der Waals surface area (Å²) >= 11 is 0. The van der Waals surface area contributed by atoms with Crippen LogP contribution < -0.4 is 4.74 Å². The summed E-state index contributed by atoms with van der Waals surface area (Å²) in [7, 11) is -4.38. The van der Waals surface area contributed by atoms with E-state index in [9.17, 15) is 14.3 Å². The predicted octanol–water partition coefficient (Wildman–Crippen LogP) is 3.32. The van der Waals surface area contributed by atoms with Gasteiger partial charge in [0.2, 0.25) is 0 Å². The molecular formula is C16H25O7P. The molecule has 0 aliphatic heterocycles. The van der Waals surface area contributed by atoms with Crippen molar-refractivity contribution in [2.75, 3.05) is 19.8 Å². The summed E-state index contributed by atoms with van der Waals surface area (Å²) < 4.78 is 27.5.